The highest BCUT2D eigenvalue weighted by molar-refractivity contribution is 7.66. The zero-order valence-corrected chi connectivity index (χ0v) is 21.4. The van der Waals surface area contributed by atoms with Crippen molar-refractivity contribution < 1.29 is 61.4 Å². The fraction of sp³-hybridized carbons (Fsp3) is 0.533. The van der Waals surface area contributed by atoms with Gasteiger partial charge >= 0.3 is 29.2 Å². The van der Waals surface area contributed by atoms with Gasteiger partial charge in [-0.3, -0.25) is 23.9 Å². The SMILES string of the molecule is C=C(C)CC[C@@]1(n2cnc3c(=O)[nH]c(=O)[nH]c32)O[C@H](COP(=O)(O)OP(=O)(O)OP(=O)(O)O)[C@@H](O)[C@H]1O. The van der Waals surface area contributed by atoms with Crippen LogP contribution in [0.4, 0.5) is 0 Å². The maximum Gasteiger partial charge on any atom is 0.490 e. The zero-order valence-electron chi connectivity index (χ0n) is 18.7. The van der Waals surface area contributed by atoms with E-state index in [-0.39, 0.29) is 24.0 Å². The Hall–Kier alpha value is -1.82. The molecule has 0 aromatic carbocycles. The summed E-state index contributed by atoms with van der Waals surface area (Å²) in [5, 5.41) is 21.6. The Kier molecular flexibility index (Phi) is 8.35. The largest absolute Gasteiger partial charge is 0.490 e. The van der Waals surface area contributed by atoms with Crippen LogP contribution in [0, 0.1) is 0 Å². The second-order valence-electron chi connectivity index (χ2n) is 8.00. The molecule has 0 amide bonds. The summed E-state index contributed by atoms with van der Waals surface area (Å²) in [6.45, 7) is 4.32. The summed E-state index contributed by atoms with van der Waals surface area (Å²) < 4.78 is 52.9. The highest BCUT2D eigenvalue weighted by Crippen LogP contribution is 2.66. The maximum atomic E-state index is 12.1. The summed E-state index contributed by atoms with van der Waals surface area (Å²) in [6.07, 6.45) is -4.18. The van der Waals surface area contributed by atoms with Crippen LogP contribution in [-0.4, -0.2) is 74.2 Å². The van der Waals surface area contributed by atoms with Gasteiger partial charge in [-0.05, 0) is 13.3 Å². The van der Waals surface area contributed by atoms with Gasteiger partial charge in [0.25, 0.3) is 5.56 Å². The van der Waals surface area contributed by atoms with Gasteiger partial charge in [0.15, 0.2) is 11.2 Å². The maximum absolute atomic E-state index is 12.1. The van der Waals surface area contributed by atoms with Gasteiger partial charge in [-0.25, -0.2) is 23.5 Å². The van der Waals surface area contributed by atoms with Crippen LogP contribution in [0.25, 0.3) is 11.2 Å². The molecule has 3 heterocycles. The fourth-order valence-corrected chi connectivity index (χ4v) is 6.65. The van der Waals surface area contributed by atoms with E-state index in [9.17, 15) is 43.3 Å². The summed E-state index contributed by atoms with van der Waals surface area (Å²) in [6, 6.07) is 0. The van der Waals surface area contributed by atoms with Crippen molar-refractivity contribution in [2.24, 2.45) is 0 Å². The second-order valence-corrected chi connectivity index (χ2v) is 12.4. The van der Waals surface area contributed by atoms with Crippen molar-refractivity contribution in [3.05, 3.63) is 39.3 Å². The first-order valence-corrected chi connectivity index (χ1v) is 14.5. The molecule has 0 spiro atoms. The minimum atomic E-state index is -5.79. The number of H-pyrrole nitrogens is 2. The number of allylic oxidation sites excluding steroid dienone is 1. The lowest BCUT2D eigenvalue weighted by molar-refractivity contribution is -0.149. The van der Waals surface area contributed by atoms with E-state index in [1.54, 1.807) is 6.92 Å². The standard InChI is InChI=1S/C15H23N4O15P3/c1-7(2)3-4-15(19-6-16-9-12(19)17-14(23)18-13(9)22)11(21)10(20)8(32-15)5-31-36(27,28)34-37(29,30)33-35(24,25)26/h6,8,10-11,20-21H,1,3-5H2,2H3,(H,27,28)(H,29,30)(H2,24,25,26)(H2,17,18,22,23)/t8-,10-,11-,15-/m1/s1. The van der Waals surface area contributed by atoms with Gasteiger partial charge in [-0.15, -0.1) is 6.58 Å². The van der Waals surface area contributed by atoms with Gasteiger partial charge in [-0.1, -0.05) is 5.57 Å². The van der Waals surface area contributed by atoms with E-state index < -0.39 is 65.4 Å². The molecule has 208 valence electrons. The van der Waals surface area contributed by atoms with E-state index in [4.69, 9.17) is 14.5 Å². The van der Waals surface area contributed by atoms with Gasteiger partial charge < -0.3 is 34.5 Å². The lowest BCUT2D eigenvalue weighted by Gasteiger charge is -2.34. The number of hydrogen-bond acceptors (Lipinski definition) is 12. The summed E-state index contributed by atoms with van der Waals surface area (Å²) in [4.78, 5) is 68.3. The number of phosphoric acid groups is 3. The van der Waals surface area contributed by atoms with E-state index >= 15 is 0 Å². The van der Waals surface area contributed by atoms with Crippen LogP contribution in [0.15, 0.2) is 28.1 Å². The highest BCUT2D eigenvalue weighted by Gasteiger charge is 2.56. The molecule has 1 saturated heterocycles. The van der Waals surface area contributed by atoms with Crippen molar-refractivity contribution in [1.82, 2.24) is 19.5 Å². The Labute approximate surface area is 205 Å². The van der Waals surface area contributed by atoms with E-state index in [0.717, 1.165) is 10.9 Å². The van der Waals surface area contributed by atoms with Crippen molar-refractivity contribution in [3.63, 3.8) is 0 Å². The quantitative estimate of drug-likeness (QED) is 0.113. The second kappa shape index (κ2) is 10.4. The first-order chi connectivity index (χ1) is 16.9. The number of nitrogens with zero attached hydrogens (tertiary/aromatic N) is 2. The number of aliphatic hydroxyl groups is 2. The molecular weight excluding hydrogens is 569 g/mol. The van der Waals surface area contributed by atoms with Crippen molar-refractivity contribution in [3.8, 4) is 0 Å². The summed E-state index contributed by atoms with van der Waals surface area (Å²) >= 11 is 0. The summed E-state index contributed by atoms with van der Waals surface area (Å²) in [5.74, 6) is 0. The van der Waals surface area contributed by atoms with Crippen LogP contribution >= 0.6 is 23.5 Å². The summed E-state index contributed by atoms with van der Waals surface area (Å²) in [5.41, 5.74) is -3.52. The molecule has 0 bridgehead atoms. The Morgan fingerprint density at radius 2 is 1.81 bits per heavy atom. The monoisotopic (exact) mass is 592 g/mol. The average molecular weight is 592 g/mol. The van der Waals surface area contributed by atoms with E-state index in [0.29, 0.717) is 5.57 Å². The molecule has 0 radical (unpaired) electrons. The van der Waals surface area contributed by atoms with Crippen molar-refractivity contribution >= 4 is 34.6 Å². The third-order valence-electron chi connectivity index (χ3n) is 5.10. The van der Waals surface area contributed by atoms with Crippen LogP contribution in [0.2, 0.25) is 0 Å². The first kappa shape index (κ1) is 29.7. The normalized spacial score (nSPS) is 27.7. The van der Waals surface area contributed by atoms with Crippen LogP contribution < -0.4 is 11.2 Å². The van der Waals surface area contributed by atoms with Crippen molar-refractivity contribution in [2.75, 3.05) is 6.61 Å². The number of aromatic amines is 2. The number of fused-ring (bicyclic) bond motifs is 1. The molecular formula is C15H23N4O15P3. The number of phosphoric ester groups is 1. The Morgan fingerprint density at radius 1 is 1.16 bits per heavy atom. The van der Waals surface area contributed by atoms with E-state index in [2.05, 4.69) is 29.7 Å². The van der Waals surface area contributed by atoms with Crippen LogP contribution in [0.5, 0.6) is 0 Å². The molecule has 1 aliphatic rings. The predicted molar refractivity (Wildman–Crippen MR) is 120 cm³/mol. The van der Waals surface area contributed by atoms with Gasteiger partial charge in [0.1, 0.15) is 24.0 Å². The molecule has 19 nitrogen and oxygen atoms in total. The number of aliphatic hydroxyl groups excluding tert-OH is 2. The number of rotatable bonds is 11. The first-order valence-electron chi connectivity index (χ1n) is 10.0. The topological polar surface area (TPSA) is 293 Å². The number of imidazole rings is 1. The van der Waals surface area contributed by atoms with Crippen molar-refractivity contribution in [1.29, 1.82) is 0 Å². The highest BCUT2D eigenvalue weighted by atomic mass is 31.3. The number of nitrogens with one attached hydrogen (secondary N) is 2. The zero-order chi connectivity index (χ0) is 28.0. The van der Waals surface area contributed by atoms with Crippen LogP contribution in [-0.2, 0) is 37.3 Å². The molecule has 2 aromatic heterocycles. The molecule has 6 atom stereocenters. The molecule has 3 rings (SSSR count). The smallest absolute Gasteiger partial charge is 0.387 e. The molecule has 0 aliphatic carbocycles. The molecule has 2 unspecified atom stereocenters. The molecule has 37 heavy (non-hydrogen) atoms. The van der Waals surface area contributed by atoms with E-state index in [1.165, 1.54) is 0 Å². The van der Waals surface area contributed by atoms with Gasteiger partial charge in [0.05, 0.1) is 12.9 Å². The van der Waals surface area contributed by atoms with Gasteiger partial charge in [0, 0.05) is 6.42 Å². The Balaban J connectivity index is 1.91. The molecule has 22 heteroatoms. The average Bonchev–Trinajstić information content (AvgIpc) is 3.23. The lowest BCUT2D eigenvalue weighted by atomic mass is 9.95. The van der Waals surface area contributed by atoms with Crippen molar-refractivity contribution in [2.45, 2.75) is 43.8 Å². The summed E-state index contributed by atoms with van der Waals surface area (Å²) in [7, 11) is -17.0. The molecule has 2 aromatic rings. The molecule has 8 N–H and O–H groups in total. The molecule has 0 saturated carbocycles. The van der Waals surface area contributed by atoms with Crippen LogP contribution in [0.3, 0.4) is 0 Å². The third-order valence-corrected chi connectivity index (χ3v) is 8.90. The number of ether oxygens (including phenoxy) is 1. The minimum absolute atomic E-state index is 0.118. The number of hydrogen-bond donors (Lipinski definition) is 8. The fourth-order valence-electron chi connectivity index (χ4n) is 3.62. The Morgan fingerprint density at radius 3 is 2.41 bits per heavy atom. The third kappa shape index (κ3) is 6.79. The van der Waals surface area contributed by atoms with Gasteiger partial charge in [-0.2, -0.15) is 8.62 Å². The van der Waals surface area contributed by atoms with Crippen LogP contribution in [0.1, 0.15) is 19.8 Å². The Bertz CT molecular complexity index is 1440. The molecule has 1 aliphatic heterocycles. The lowest BCUT2D eigenvalue weighted by Crippen LogP contribution is -2.46. The molecule has 1 fully saturated rings. The minimum Gasteiger partial charge on any atom is -0.387 e. The predicted octanol–water partition coefficient (Wildman–Crippen LogP) is -1.11. The number of aromatic nitrogens is 4. The van der Waals surface area contributed by atoms with Gasteiger partial charge in [0.2, 0.25) is 0 Å². The van der Waals surface area contributed by atoms with E-state index in [1.807, 2.05) is 4.98 Å².